The molecule has 94 valence electrons. The van der Waals surface area contributed by atoms with Crippen LogP contribution in [0.4, 0.5) is 17.3 Å². The number of halogens is 4. The predicted molar refractivity (Wildman–Crippen MR) is 60.1 cm³/mol. The summed E-state index contributed by atoms with van der Waals surface area (Å²) in [6, 6.07) is 3.89. The first-order valence-corrected chi connectivity index (χ1v) is 7.17. The molecule has 0 unspecified atom stereocenters. The van der Waals surface area contributed by atoms with Gasteiger partial charge in [0.15, 0.2) is 0 Å². The Morgan fingerprint density at radius 1 is 1.44 bits per heavy atom. The summed E-state index contributed by atoms with van der Waals surface area (Å²) in [6.45, 7) is 0. The summed E-state index contributed by atoms with van der Waals surface area (Å²) < 4.78 is 47.5. The van der Waals surface area contributed by atoms with Gasteiger partial charge in [-0.25, -0.2) is 0 Å². The maximum Gasteiger partial charge on any atom is 0.762 e. The van der Waals surface area contributed by atoms with Crippen molar-refractivity contribution in [3.05, 3.63) is 29.6 Å². The van der Waals surface area contributed by atoms with Gasteiger partial charge < -0.3 is 0 Å². The molecule has 18 heavy (non-hydrogen) atoms. The maximum absolute atomic E-state index is 12.9. The minimum Gasteiger partial charge on any atom is -0.254 e. The Balaban J connectivity index is 0.000000631. The van der Waals surface area contributed by atoms with Crippen LogP contribution < -0.4 is 10.1 Å². The SMILES string of the molecule is COc1ccc(F)cc1C(=O)N[CH2][K].FB(F)F. The third-order valence-electron chi connectivity index (χ3n) is 1.74. The molecule has 1 amide bonds. The Labute approximate surface area is 136 Å². The Kier molecular flexibility index (Phi) is 9.74. The van der Waals surface area contributed by atoms with E-state index in [1.807, 2.05) is 0 Å². The minimum absolute atomic E-state index is 0.247. The van der Waals surface area contributed by atoms with Crippen molar-refractivity contribution in [1.29, 1.82) is 0 Å². The molecule has 0 aliphatic carbocycles. The van der Waals surface area contributed by atoms with Crippen molar-refractivity contribution < 1.29 is 26.9 Å². The van der Waals surface area contributed by atoms with E-state index in [0.29, 0.717) is 55.3 Å². The Morgan fingerprint density at radius 2 is 2.00 bits per heavy atom. The fourth-order valence-electron chi connectivity index (χ4n) is 1.11. The molecule has 0 spiro atoms. The van der Waals surface area contributed by atoms with Gasteiger partial charge in [-0.1, -0.05) is 0 Å². The second kappa shape index (κ2) is 9.79. The number of ether oxygens (including phenoxy) is 1. The molecule has 0 atom stereocenters. The van der Waals surface area contributed by atoms with E-state index in [1.54, 1.807) is 0 Å². The van der Waals surface area contributed by atoms with Crippen LogP contribution in [0.1, 0.15) is 10.4 Å². The molecular formula is C9H9BF4KNO2. The zero-order valence-electron chi connectivity index (χ0n) is 9.84. The molecule has 1 rings (SSSR count). The van der Waals surface area contributed by atoms with Crippen molar-refractivity contribution in [2.75, 3.05) is 7.75 Å². The number of benzene rings is 1. The Hall–Kier alpha value is -0.0887. The average Bonchev–Trinajstić information content (AvgIpc) is 2.28. The van der Waals surface area contributed by atoms with E-state index < -0.39 is 13.4 Å². The van der Waals surface area contributed by atoms with E-state index in [2.05, 4.69) is 5.32 Å². The van der Waals surface area contributed by atoms with E-state index in [1.165, 1.54) is 25.3 Å². The van der Waals surface area contributed by atoms with Crippen LogP contribution in [0.5, 0.6) is 5.75 Å². The molecule has 0 saturated heterocycles. The van der Waals surface area contributed by atoms with Crippen LogP contribution in [0.25, 0.3) is 0 Å². The van der Waals surface area contributed by atoms with Gasteiger partial charge in [0, 0.05) is 0 Å². The van der Waals surface area contributed by atoms with Gasteiger partial charge >= 0.3 is 125 Å². The number of hydrogen-bond acceptors (Lipinski definition) is 2. The standard InChI is InChI=1S/C9H9FNO2.BF3.K/c1-11-9(12)7-5-6(10)3-4-8(7)13-2;2-1(3)4;/h3-5H,1H2,2H3,(H,11,12);;. The summed E-state index contributed by atoms with van der Waals surface area (Å²) in [4.78, 5) is 11.4. The topological polar surface area (TPSA) is 38.3 Å². The molecule has 0 heterocycles. The molecule has 0 radical (unpaired) electrons. The van der Waals surface area contributed by atoms with Crippen LogP contribution in [-0.4, -0.2) is 70.2 Å². The van der Waals surface area contributed by atoms with Gasteiger partial charge in [-0.2, -0.15) is 0 Å². The molecule has 0 aliphatic heterocycles. The summed E-state index contributed by atoms with van der Waals surface area (Å²) in [7, 11) is -2.21. The zero-order chi connectivity index (χ0) is 14.1. The number of carbonyl (C=O) groups excluding carboxylic acids is 1. The molecule has 0 aliphatic rings. The number of hydrogen-bond donors (Lipinski definition) is 1. The molecule has 1 N–H and O–H groups in total. The van der Waals surface area contributed by atoms with E-state index in [4.69, 9.17) is 4.74 Å². The third kappa shape index (κ3) is 7.37. The quantitative estimate of drug-likeness (QED) is 0.677. The molecule has 0 saturated carbocycles. The van der Waals surface area contributed by atoms with Gasteiger partial charge in [-0.3, -0.25) is 12.9 Å². The number of nitrogens with one attached hydrogen (secondary N) is 1. The summed E-state index contributed by atoms with van der Waals surface area (Å²) in [5, 5.41) is 2.66. The van der Waals surface area contributed by atoms with Crippen LogP contribution in [0.15, 0.2) is 18.2 Å². The van der Waals surface area contributed by atoms with Crippen LogP contribution in [0, 0.1) is 5.82 Å². The minimum atomic E-state index is -3.67. The van der Waals surface area contributed by atoms with Crippen LogP contribution in [0.2, 0.25) is 0 Å². The van der Waals surface area contributed by atoms with E-state index >= 15 is 0 Å². The second-order valence-electron chi connectivity index (χ2n) is 2.95. The number of amides is 1. The van der Waals surface area contributed by atoms with Crippen molar-refractivity contribution in [2.24, 2.45) is 0 Å². The summed E-state index contributed by atoms with van der Waals surface area (Å²) in [6.07, 6.45) is 0. The van der Waals surface area contributed by atoms with Gasteiger partial charge in [0.05, 0.1) is 0 Å². The molecule has 0 aromatic heterocycles. The maximum atomic E-state index is 12.9. The normalized spacial score (nSPS) is 9.06. The molecule has 1 aromatic rings. The predicted octanol–water partition coefficient (Wildman–Crippen LogP) is 1.57. The Bertz CT molecular complexity index is 392. The van der Waals surface area contributed by atoms with E-state index in [-0.39, 0.29) is 11.5 Å². The summed E-state index contributed by atoms with van der Waals surface area (Å²) >= 11 is 0.545. The fourth-order valence-corrected chi connectivity index (χ4v) is 1.61. The van der Waals surface area contributed by atoms with Crippen LogP contribution in [0.3, 0.4) is 0 Å². The van der Waals surface area contributed by atoms with Gasteiger partial charge in [-0.15, -0.1) is 0 Å². The fraction of sp³-hybridized carbons (Fsp3) is 0.222. The van der Waals surface area contributed by atoms with Crippen molar-refractivity contribution in [1.82, 2.24) is 5.32 Å². The van der Waals surface area contributed by atoms with Crippen molar-refractivity contribution in [2.45, 2.75) is 0 Å². The van der Waals surface area contributed by atoms with Gasteiger partial charge in [0.2, 0.25) is 0 Å². The number of carbonyl (C=O) groups is 1. The van der Waals surface area contributed by atoms with Crippen molar-refractivity contribution >= 4 is 62.4 Å². The molecule has 3 nitrogen and oxygen atoms in total. The van der Waals surface area contributed by atoms with Crippen molar-refractivity contribution in [3.63, 3.8) is 0 Å². The largest absolute Gasteiger partial charge is 0.762 e. The van der Waals surface area contributed by atoms with Gasteiger partial charge in [-0.05, 0) is 0 Å². The van der Waals surface area contributed by atoms with Crippen LogP contribution >= 0.6 is 0 Å². The molecule has 0 bridgehead atoms. The van der Waals surface area contributed by atoms with Gasteiger partial charge in [0.25, 0.3) is 0 Å². The van der Waals surface area contributed by atoms with E-state index in [9.17, 15) is 22.1 Å². The van der Waals surface area contributed by atoms with Gasteiger partial charge in [0.1, 0.15) is 0 Å². The monoisotopic (exact) mass is 289 g/mol. The second-order valence-corrected chi connectivity index (χ2v) is 4.06. The first-order valence-electron chi connectivity index (χ1n) is 4.96. The van der Waals surface area contributed by atoms with E-state index in [0.717, 1.165) is 0 Å². The number of methoxy groups -OCH3 is 1. The zero-order valence-corrected chi connectivity index (χ0v) is 13.0. The summed E-state index contributed by atoms with van der Waals surface area (Å²) in [5.41, 5.74) is 0.247. The first-order chi connectivity index (χ1) is 8.42. The molecule has 9 heteroatoms. The first kappa shape index (κ1) is 17.9. The van der Waals surface area contributed by atoms with Crippen LogP contribution in [-0.2, 0) is 0 Å². The Morgan fingerprint density at radius 3 is 2.44 bits per heavy atom. The molecular weight excluding hydrogens is 280 g/mol. The number of rotatable bonds is 3. The average molecular weight is 289 g/mol. The molecule has 0 fully saturated rings. The molecule has 1 aromatic carbocycles. The van der Waals surface area contributed by atoms with Crippen molar-refractivity contribution in [3.8, 4) is 5.75 Å². The summed E-state index contributed by atoms with van der Waals surface area (Å²) in [5.74, 6) is -0.326. The third-order valence-corrected chi connectivity index (χ3v) is 2.30. The smallest absolute Gasteiger partial charge is 0.254 e.